The molecule has 1 N–H and O–H groups in total. The second kappa shape index (κ2) is 4.50. The monoisotopic (exact) mass is 224 g/mol. The minimum absolute atomic E-state index is 0.935. The Labute approximate surface area is 102 Å². The zero-order chi connectivity index (χ0) is 12.4. The first-order chi connectivity index (χ1) is 8.15. The molecule has 1 aromatic heterocycles. The van der Waals surface area contributed by atoms with Gasteiger partial charge in [-0.05, 0) is 55.7 Å². The molecule has 0 aliphatic heterocycles. The smallest absolute Gasteiger partial charge is 0.0711 e. The molecule has 0 radical (unpaired) electrons. The van der Waals surface area contributed by atoms with Crippen LogP contribution in [-0.2, 0) is 0 Å². The first kappa shape index (κ1) is 11.5. The van der Waals surface area contributed by atoms with E-state index in [4.69, 9.17) is 5.41 Å². The quantitative estimate of drug-likeness (QED) is 0.776. The molecule has 0 aliphatic rings. The van der Waals surface area contributed by atoms with Crippen molar-refractivity contribution in [2.45, 2.75) is 20.8 Å². The lowest BCUT2D eigenvalue weighted by molar-refractivity contribution is 1.23. The van der Waals surface area contributed by atoms with Crippen molar-refractivity contribution >= 4 is 6.21 Å². The van der Waals surface area contributed by atoms with Crippen molar-refractivity contribution in [3.8, 4) is 11.3 Å². The van der Waals surface area contributed by atoms with Gasteiger partial charge in [-0.25, -0.2) is 0 Å². The van der Waals surface area contributed by atoms with Crippen molar-refractivity contribution in [1.82, 2.24) is 4.98 Å². The molecule has 17 heavy (non-hydrogen) atoms. The highest BCUT2D eigenvalue weighted by atomic mass is 14.7. The molecule has 0 atom stereocenters. The van der Waals surface area contributed by atoms with Crippen molar-refractivity contribution < 1.29 is 0 Å². The lowest BCUT2D eigenvalue weighted by Gasteiger charge is -2.14. The van der Waals surface area contributed by atoms with Crippen LogP contribution >= 0.6 is 0 Å². The highest BCUT2D eigenvalue weighted by Crippen LogP contribution is 2.29. The zero-order valence-electron chi connectivity index (χ0n) is 10.4. The second-order valence-corrected chi connectivity index (χ2v) is 4.27. The molecule has 2 aromatic rings. The summed E-state index contributed by atoms with van der Waals surface area (Å²) >= 11 is 0. The van der Waals surface area contributed by atoms with Gasteiger partial charge < -0.3 is 5.41 Å². The van der Waals surface area contributed by atoms with Gasteiger partial charge in [0, 0.05) is 23.5 Å². The summed E-state index contributed by atoms with van der Waals surface area (Å²) in [6, 6.07) is 7.93. The van der Waals surface area contributed by atoms with Crippen LogP contribution in [0.2, 0.25) is 0 Å². The normalized spacial score (nSPS) is 10.3. The summed E-state index contributed by atoms with van der Waals surface area (Å²) in [6.07, 6.45) is 3.20. The molecule has 0 bridgehead atoms. The van der Waals surface area contributed by atoms with Gasteiger partial charge in [-0.15, -0.1) is 0 Å². The van der Waals surface area contributed by atoms with Gasteiger partial charge in [0.1, 0.15) is 0 Å². The van der Waals surface area contributed by atoms with E-state index in [1.165, 1.54) is 22.9 Å². The number of hydrogen-bond donors (Lipinski definition) is 1. The molecular weight excluding hydrogens is 208 g/mol. The summed E-state index contributed by atoms with van der Waals surface area (Å²) in [7, 11) is 0. The molecule has 0 unspecified atom stereocenters. The number of nitrogens with zero attached hydrogens (tertiary/aromatic N) is 1. The molecule has 2 nitrogen and oxygen atoms in total. The predicted octanol–water partition coefficient (Wildman–Crippen LogP) is 3.67. The largest absolute Gasteiger partial charge is 0.308 e. The van der Waals surface area contributed by atoms with E-state index < -0.39 is 0 Å². The SMILES string of the molecule is Cc1cc(C=N)c(-c2ccccn2)c(C)c1C. The van der Waals surface area contributed by atoms with E-state index in [2.05, 4.69) is 31.8 Å². The van der Waals surface area contributed by atoms with Gasteiger partial charge in [0.2, 0.25) is 0 Å². The molecule has 1 aromatic carbocycles. The Balaban J connectivity index is 2.77. The third-order valence-electron chi connectivity index (χ3n) is 3.27. The van der Waals surface area contributed by atoms with Crippen molar-refractivity contribution in [2.75, 3.05) is 0 Å². The van der Waals surface area contributed by atoms with E-state index in [9.17, 15) is 0 Å². The number of rotatable bonds is 2. The van der Waals surface area contributed by atoms with Gasteiger partial charge in [-0.1, -0.05) is 6.07 Å². The molecule has 1 heterocycles. The molecule has 0 aliphatic carbocycles. The fourth-order valence-corrected chi connectivity index (χ4v) is 2.08. The molecule has 2 heteroatoms. The lowest BCUT2D eigenvalue weighted by atomic mass is 9.92. The van der Waals surface area contributed by atoms with Crippen LogP contribution in [-0.4, -0.2) is 11.2 Å². The molecule has 0 saturated heterocycles. The summed E-state index contributed by atoms with van der Waals surface area (Å²) in [5.41, 5.74) is 6.65. The Morgan fingerprint density at radius 2 is 1.88 bits per heavy atom. The number of hydrogen-bond acceptors (Lipinski definition) is 2. The Bertz CT molecular complexity index is 557. The van der Waals surface area contributed by atoms with E-state index >= 15 is 0 Å². The minimum atomic E-state index is 0.935. The van der Waals surface area contributed by atoms with Gasteiger partial charge in [0.15, 0.2) is 0 Å². The summed E-state index contributed by atoms with van der Waals surface area (Å²) in [5, 5.41) is 7.54. The predicted molar refractivity (Wildman–Crippen MR) is 71.8 cm³/mol. The first-order valence-electron chi connectivity index (χ1n) is 5.68. The van der Waals surface area contributed by atoms with Crippen LogP contribution in [0.5, 0.6) is 0 Å². The van der Waals surface area contributed by atoms with Gasteiger partial charge in [0.25, 0.3) is 0 Å². The van der Waals surface area contributed by atoms with Crippen LogP contribution < -0.4 is 0 Å². The Morgan fingerprint density at radius 3 is 2.47 bits per heavy atom. The number of nitrogens with one attached hydrogen (secondary N) is 1. The van der Waals surface area contributed by atoms with E-state index in [1.54, 1.807) is 6.20 Å². The summed E-state index contributed by atoms with van der Waals surface area (Å²) < 4.78 is 0. The third kappa shape index (κ3) is 1.98. The van der Waals surface area contributed by atoms with Crippen LogP contribution in [0, 0.1) is 26.2 Å². The maximum Gasteiger partial charge on any atom is 0.0711 e. The number of aromatic nitrogens is 1. The molecule has 0 spiro atoms. The summed E-state index contributed by atoms with van der Waals surface area (Å²) in [6.45, 7) is 6.29. The van der Waals surface area contributed by atoms with Gasteiger partial charge in [-0.2, -0.15) is 0 Å². The Kier molecular flexibility index (Phi) is 3.05. The van der Waals surface area contributed by atoms with Gasteiger partial charge >= 0.3 is 0 Å². The minimum Gasteiger partial charge on any atom is -0.308 e. The van der Waals surface area contributed by atoms with Crippen LogP contribution in [0.4, 0.5) is 0 Å². The van der Waals surface area contributed by atoms with Crippen LogP contribution in [0.25, 0.3) is 11.3 Å². The standard InChI is InChI=1S/C15H16N2/c1-10-8-13(9-16)15(12(3)11(10)2)14-6-4-5-7-17-14/h4-9,16H,1-3H3. The van der Waals surface area contributed by atoms with E-state index in [1.807, 2.05) is 18.2 Å². The molecule has 86 valence electrons. The molecule has 0 amide bonds. The van der Waals surface area contributed by atoms with Crippen LogP contribution in [0.15, 0.2) is 30.5 Å². The lowest BCUT2D eigenvalue weighted by Crippen LogP contribution is -1.98. The highest BCUT2D eigenvalue weighted by Gasteiger charge is 2.11. The zero-order valence-corrected chi connectivity index (χ0v) is 10.4. The van der Waals surface area contributed by atoms with Crippen LogP contribution in [0.1, 0.15) is 22.3 Å². The van der Waals surface area contributed by atoms with Crippen molar-refractivity contribution in [3.63, 3.8) is 0 Å². The molecular formula is C15H16N2. The average Bonchev–Trinajstić information content (AvgIpc) is 2.36. The molecule has 2 rings (SSSR count). The van der Waals surface area contributed by atoms with E-state index in [0.29, 0.717) is 0 Å². The van der Waals surface area contributed by atoms with Crippen molar-refractivity contribution in [1.29, 1.82) is 5.41 Å². The molecule has 0 saturated carbocycles. The second-order valence-electron chi connectivity index (χ2n) is 4.27. The molecule has 0 fully saturated rings. The van der Waals surface area contributed by atoms with E-state index in [0.717, 1.165) is 16.8 Å². The Hall–Kier alpha value is -1.96. The maximum absolute atomic E-state index is 7.54. The number of benzene rings is 1. The van der Waals surface area contributed by atoms with Crippen molar-refractivity contribution in [3.05, 3.63) is 52.7 Å². The number of aryl methyl sites for hydroxylation is 1. The van der Waals surface area contributed by atoms with E-state index in [-0.39, 0.29) is 0 Å². The Morgan fingerprint density at radius 1 is 1.12 bits per heavy atom. The van der Waals surface area contributed by atoms with Crippen molar-refractivity contribution in [2.24, 2.45) is 0 Å². The first-order valence-corrected chi connectivity index (χ1v) is 5.68. The third-order valence-corrected chi connectivity index (χ3v) is 3.27. The summed E-state index contributed by atoms with van der Waals surface area (Å²) in [5.74, 6) is 0. The highest BCUT2D eigenvalue weighted by molar-refractivity contribution is 5.90. The maximum atomic E-state index is 7.54. The van der Waals surface area contributed by atoms with Gasteiger partial charge in [-0.3, -0.25) is 4.98 Å². The average molecular weight is 224 g/mol. The fraction of sp³-hybridized carbons (Fsp3) is 0.200. The topological polar surface area (TPSA) is 36.7 Å². The van der Waals surface area contributed by atoms with Gasteiger partial charge in [0.05, 0.1) is 5.69 Å². The summed E-state index contributed by atoms with van der Waals surface area (Å²) in [4.78, 5) is 4.39. The fourth-order valence-electron chi connectivity index (χ4n) is 2.08. The number of pyridine rings is 1. The van der Waals surface area contributed by atoms with Crippen LogP contribution in [0.3, 0.4) is 0 Å².